The highest BCUT2D eigenvalue weighted by atomic mass is 79.9. The lowest BCUT2D eigenvalue weighted by atomic mass is 10.2. The molecule has 0 bridgehead atoms. The first kappa shape index (κ1) is 21.0. The zero-order chi connectivity index (χ0) is 22.9. The first-order valence-electron chi connectivity index (χ1n) is 10.3. The number of anilines is 2. The average Bonchev–Trinajstić information content (AvgIpc) is 3.47. The molecule has 0 aliphatic rings. The number of furan rings is 1. The van der Waals surface area contributed by atoms with Gasteiger partial charge in [0.05, 0.1) is 0 Å². The van der Waals surface area contributed by atoms with Crippen LogP contribution in [0.2, 0.25) is 0 Å². The average molecular weight is 502 g/mol. The standard InChI is InChI=1S/C26H20BrN3O3/c1-30(2)20-10-5-17(6-11-20)26-29-21-15-19(9-12-23(21)33-26)28-25(31)24-14-13-22(32-24)16-3-7-18(27)8-4-16/h3-15H,1-2H3,(H,28,31). The van der Waals surface area contributed by atoms with Crippen molar-refractivity contribution in [2.45, 2.75) is 0 Å². The number of carbonyl (C=O) groups is 1. The summed E-state index contributed by atoms with van der Waals surface area (Å²) in [4.78, 5) is 19.3. The first-order valence-corrected chi connectivity index (χ1v) is 11.1. The van der Waals surface area contributed by atoms with Crippen LogP contribution in [0.3, 0.4) is 0 Å². The molecule has 0 saturated heterocycles. The molecule has 2 aromatic heterocycles. The van der Waals surface area contributed by atoms with Gasteiger partial charge in [-0.05, 0) is 66.7 Å². The van der Waals surface area contributed by atoms with Crippen molar-refractivity contribution >= 4 is 44.3 Å². The molecule has 0 saturated carbocycles. The van der Waals surface area contributed by atoms with E-state index in [0.717, 1.165) is 21.3 Å². The zero-order valence-electron chi connectivity index (χ0n) is 18.0. The summed E-state index contributed by atoms with van der Waals surface area (Å²) >= 11 is 3.41. The Bertz CT molecular complexity index is 1430. The summed E-state index contributed by atoms with van der Waals surface area (Å²) in [7, 11) is 3.99. The highest BCUT2D eigenvalue weighted by Crippen LogP contribution is 2.28. The lowest BCUT2D eigenvalue weighted by molar-refractivity contribution is 0.0997. The van der Waals surface area contributed by atoms with Crippen molar-refractivity contribution in [2.24, 2.45) is 0 Å². The summed E-state index contributed by atoms with van der Waals surface area (Å²) in [5.41, 5.74) is 4.80. The molecule has 164 valence electrons. The molecule has 0 spiro atoms. The molecule has 33 heavy (non-hydrogen) atoms. The van der Waals surface area contributed by atoms with Gasteiger partial charge in [-0.2, -0.15) is 0 Å². The van der Waals surface area contributed by atoms with Gasteiger partial charge in [-0.15, -0.1) is 0 Å². The van der Waals surface area contributed by atoms with E-state index in [-0.39, 0.29) is 11.7 Å². The summed E-state index contributed by atoms with van der Waals surface area (Å²) in [5.74, 6) is 1.06. The second-order valence-electron chi connectivity index (χ2n) is 7.77. The number of fused-ring (bicyclic) bond motifs is 1. The van der Waals surface area contributed by atoms with E-state index in [9.17, 15) is 4.79 Å². The Balaban J connectivity index is 1.34. The van der Waals surface area contributed by atoms with Gasteiger partial charge < -0.3 is 19.1 Å². The monoisotopic (exact) mass is 501 g/mol. The fourth-order valence-electron chi connectivity index (χ4n) is 3.45. The van der Waals surface area contributed by atoms with Gasteiger partial charge in [-0.25, -0.2) is 4.98 Å². The molecular formula is C26H20BrN3O3. The molecule has 1 N–H and O–H groups in total. The quantitative estimate of drug-likeness (QED) is 0.285. The number of benzene rings is 3. The van der Waals surface area contributed by atoms with Crippen LogP contribution in [-0.4, -0.2) is 25.0 Å². The Kier molecular flexibility index (Phi) is 5.48. The second kappa shape index (κ2) is 8.60. The molecule has 2 heterocycles. The van der Waals surface area contributed by atoms with E-state index in [1.165, 1.54) is 0 Å². The molecule has 0 atom stereocenters. The molecule has 5 rings (SSSR count). The van der Waals surface area contributed by atoms with Gasteiger partial charge in [0.2, 0.25) is 5.89 Å². The third-order valence-corrected chi connectivity index (χ3v) is 5.76. The summed E-state index contributed by atoms with van der Waals surface area (Å²) < 4.78 is 12.6. The summed E-state index contributed by atoms with van der Waals surface area (Å²) in [6.45, 7) is 0. The van der Waals surface area contributed by atoms with Gasteiger partial charge in [0, 0.05) is 41.1 Å². The van der Waals surface area contributed by atoms with Crippen LogP contribution >= 0.6 is 15.9 Å². The van der Waals surface area contributed by atoms with Gasteiger partial charge in [-0.1, -0.05) is 28.1 Å². The zero-order valence-corrected chi connectivity index (χ0v) is 19.6. The van der Waals surface area contributed by atoms with E-state index < -0.39 is 0 Å². The van der Waals surface area contributed by atoms with Gasteiger partial charge in [0.15, 0.2) is 11.3 Å². The fraction of sp³-hybridized carbons (Fsp3) is 0.0769. The molecule has 0 aliphatic carbocycles. The second-order valence-corrected chi connectivity index (χ2v) is 8.68. The normalized spacial score (nSPS) is 11.0. The number of rotatable bonds is 5. The highest BCUT2D eigenvalue weighted by molar-refractivity contribution is 9.10. The lowest BCUT2D eigenvalue weighted by Gasteiger charge is -2.11. The largest absolute Gasteiger partial charge is 0.451 e. The number of nitrogens with zero attached hydrogens (tertiary/aromatic N) is 2. The van der Waals surface area contributed by atoms with Crippen LogP contribution in [0.5, 0.6) is 0 Å². The molecule has 0 radical (unpaired) electrons. The van der Waals surface area contributed by atoms with Crippen LogP contribution < -0.4 is 10.2 Å². The number of carbonyl (C=O) groups excluding carboxylic acids is 1. The number of hydrogen-bond donors (Lipinski definition) is 1. The molecule has 6 nitrogen and oxygen atoms in total. The van der Waals surface area contributed by atoms with E-state index in [1.807, 2.05) is 67.5 Å². The van der Waals surface area contributed by atoms with Crippen LogP contribution in [0, 0.1) is 0 Å². The number of nitrogens with one attached hydrogen (secondary N) is 1. The molecule has 0 fully saturated rings. The maximum Gasteiger partial charge on any atom is 0.291 e. The van der Waals surface area contributed by atoms with Crippen LogP contribution in [-0.2, 0) is 0 Å². The van der Waals surface area contributed by atoms with E-state index in [0.29, 0.717) is 28.4 Å². The van der Waals surface area contributed by atoms with Crippen LogP contribution in [0.1, 0.15) is 10.6 Å². The Morgan fingerprint density at radius 3 is 2.33 bits per heavy atom. The Hall–Kier alpha value is -3.84. The first-order chi connectivity index (χ1) is 16.0. The highest BCUT2D eigenvalue weighted by Gasteiger charge is 2.14. The number of amides is 1. The third-order valence-electron chi connectivity index (χ3n) is 5.23. The smallest absolute Gasteiger partial charge is 0.291 e. The van der Waals surface area contributed by atoms with Crippen molar-refractivity contribution < 1.29 is 13.6 Å². The minimum atomic E-state index is -0.333. The molecule has 3 aromatic carbocycles. The predicted octanol–water partition coefficient (Wildman–Crippen LogP) is 6.84. The third kappa shape index (κ3) is 4.40. The molecule has 7 heteroatoms. The maximum atomic E-state index is 12.7. The minimum Gasteiger partial charge on any atom is -0.451 e. The molecule has 1 amide bonds. The molecular weight excluding hydrogens is 482 g/mol. The van der Waals surface area contributed by atoms with Crippen molar-refractivity contribution in [3.8, 4) is 22.8 Å². The van der Waals surface area contributed by atoms with Crippen molar-refractivity contribution in [3.05, 3.63) is 89.1 Å². The summed E-state index contributed by atoms with van der Waals surface area (Å²) in [6, 6.07) is 24.5. The predicted molar refractivity (Wildman–Crippen MR) is 134 cm³/mol. The van der Waals surface area contributed by atoms with Crippen LogP contribution in [0.4, 0.5) is 11.4 Å². The molecule has 5 aromatic rings. The van der Waals surface area contributed by atoms with Gasteiger partial charge in [0.1, 0.15) is 11.3 Å². The number of oxazole rings is 1. The topological polar surface area (TPSA) is 71.5 Å². The van der Waals surface area contributed by atoms with Crippen molar-refractivity contribution in [1.82, 2.24) is 4.98 Å². The molecule has 0 aliphatic heterocycles. The van der Waals surface area contributed by atoms with Gasteiger partial charge in [-0.3, -0.25) is 4.79 Å². The number of hydrogen-bond acceptors (Lipinski definition) is 5. The Morgan fingerprint density at radius 2 is 1.61 bits per heavy atom. The van der Waals surface area contributed by atoms with Gasteiger partial charge in [0.25, 0.3) is 5.91 Å². The number of aromatic nitrogens is 1. The van der Waals surface area contributed by atoms with Crippen molar-refractivity contribution in [2.75, 3.05) is 24.3 Å². The van der Waals surface area contributed by atoms with E-state index >= 15 is 0 Å². The summed E-state index contributed by atoms with van der Waals surface area (Å²) in [6.07, 6.45) is 0. The van der Waals surface area contributed by atoms with E-state index in [4.69, 9.17) is 8.83 Å². The Labute approximate surface area is 199 Å². The number of halogens is 1. The van der Waals surface area contributed by atoms with Crippen LogP contribution in [0.25, 0.3) is 33.9 Å². The lowest BCUT2D eigenvalue weighted by Crippen LogP contribution is -2.10. The minimum absolute atomic E-state index is 0.231. The molecule has 0 unspecified atom stereocenters. The van der Waals surface area contributed by atoms with Gasteiger partial charge >= 0.3 is 0 Å². The maximum absolute atomic E-state index is 12.7. The van der Waals surface area contributed by atoms with E-state index in [1.54, 1.807) is 30.3 Å². The Morgan fingerprint density at radius 1 is 0.879 bits per heavy atom. The summed E-state index contributed by atoms with van der Waals surface area (Å²) in [5, 5.41) is 2.87. The van der Waals surface area contributed by atoms with E-state index in [2.05, 4.69) is 26.2 Å². The van der Waals surface area contributed by atoms with Crippen LogP contribution in [0.15, 0.2) is 92.2 Å². The van der Waals surface area contributed by atoms with Crippen molar-refractivity contribution in [3.63, 3.8) is 0 Å². The fourth-order valence-corrected chi connectivity index (χ4v) is 3.72. The SMILES string of the molecule is CN(C)c1ccc(-c2nc3cc(NC(=O)c4ccc(-c5ccc(Br)cc5)o4)ccc3o2)cc1. The van der Waals surface area contributed by atoms with Crippen molar-refractivity contribution in [1.29, 1.82) is 0 Å².